The van der Waals surface area contributed by atoms with Crippen molar-refractivity contribution in [2.75, 3.05) is 42.2 Å². The molecule has 0 saturated carbocycles. The molecule has 0 aromatic carbocycles. The molecule has 10 atom stereocenters. The molecular formula is C17H30O24S4. The average Bonchev–Trinajstić information content (AvgIpc) is 2.93. The predicted octanol–water partition coefficient (Wildman–Crippen LogP) is -2.68. The second kappa shape index (κ2) is 17.4. The second-order valence-electron chi connectivity index (χ2n) is 8.35. The molecule has 28 heteroatoms. The first-order valence-corrected chi connectivity index (χ1v) is 16.4. The standard InChI is InChI=1S/C17H30O24S4/c1-28-9-10(37-42-41-40-32-5)12(15(18)30-3)36-17(13(9)29-2)35-8-7(6-33-43(19,20)21)34-16(31-4)14(39-45(25,26)27)11(8)38-44(22,23)24/h7-14,16-17H,6H2,1-5H3,(H,19,20,21)(H,22,23,24)(H,25,26,27)/t7?,8-,9?,10+,11?,12?,13-,14?,16+,17-/m1/s1. The summed E-state index contributed by atoms with van der Waals surface area (Å²) < 4.78 is 158. The van der Waals surface area contributed by atoms with Crippen molar-refractivity contribution in [3.8, 4) is 0 Å². The molecule has 24 nitrogen and oxygen atoms in total. The van der Waals surface area contributed by atoms with Gasteiger partial charge in [-0.3, -0.25) is 17.8 Å². The fourth-order valence-corrected chi connectivity index (χ4v) is 5.81. The lowest BCUT2D eigenvalue weighted by Crippen LogP contribution is -2.67. The number of hydrogen-bond donors (Lipinski definition) is 3. The van der Waals surface area contributed by atoms with E-state index < -0.39 is 105 Å². The molecular weight excluding hydrogens is 716 g/mol. The largest absolute Gasteiger partial charge is 0.467 e. The zero-order valence-corrected chi connectivity index (χ0v) is 26.8. The summed E-state index contributed by atoms with van der Waals surface area (Å²) >= 11 is 0.155. The molecule has 266 valence electrons. The summed E-state index contributed by atoms with van der Waals surface area (Å²) in [5.74, 6) is -1.11. The van der Waals surface area contributed by atoms with Gasteiger partial charge in [-0.15, -0.1) is 4.33 Å². The lowest BCUT2D eigenvalue weighted by molar-refractivity contribution is -0.450. The van der Waals surface area contributed by atoms with Crippen LogP contribution in [0.3, 0.4) is 0 Å². The van der Waals surface area contributed by atoms with Gasteiger partial charge in [0.05, 0.1) is 20.8 Å². The molecule has 5 unspecified atom stereocenters. The van der Waals surface area contributed by atoms with Crippen LogP contribution in [0.2, 0.25) is 0 Å². The SMILES string of the molecule is COOOSO[C@@H]1C(C(=O)OC)O[C@@H](O[C@@H]2C(COS(=O)(=O)O)O[C@H](OC)C(OS(=O)(=O)O)C2OS(=O)(=O)O)[C@H](OC)C1OC. The highest BCUT2D eigenvalue weighted by atomic mass is 32.3. The van der Waals surface area contributed by atoms with Gasteiger partial charge in [0, 0.05) is 21.3 Å². The van der Waals surface area contributed by atoms with Crippen LogP contribution in [0.25, 0.3) is 0 Å². The zero-order chi connectivity index (χ0) is 34.2. The summed E-state index contributed by atoms with van der Waals surface area (Å²) in [6.45, 7) is -1.22. The van der Waals surface area contributed by atoms with Crippen LogP contribution in [-0.4, -0.2) is 148 Å². The number of esters is 1. The maximum atomic E-state index is 12.7. The van der Waals surface area contributed by atoms with Gasteiger partial charge in [-0.2, -0.15) is 25.3 Å². The van der Waals surface area contributed by atoms with E-state index in [0.29, 0.717) is 0 Å². The number of ether oxygens (including phenoxy) is 7. The van der Waals surface area contributed by atoms with Crippen LogP contribution in [0, 0.1) is 0 Å². The molecule has 2 aliphatic heterocycles. The van der Waals surface area contributed by atoms with Gasteiger partial charge < -0.3 is 33.2 Å². The molecule has 3 N–H and O–H groups in total. The Morgan fingerprint density at radius 1 is 0.711 bits per heavy atom. The van der Waals surface area contributed by atoms with E-state index in [2.05, 4.69) is 26.8 Å². The summed E-state index contributed by atoms with van der Waals surface area (Å²) in [4.78, 5) is 16.9. The van der Waals surface area contributed by atoms with Gasteiger partial charge in [0.15, 0.2) is 37.1 Å². The van der Waals surface area contributed by atoms with Crippen LogP contribution >= 0.6 is 12.3 Å². The van der Waals surface area contributed by atoms with Crippen LogP contribution < -0.4 is 0 Å². The molecule has 2 saturated heterocycles. The van der Waals surface area contributed by atoms with E-state index in [1.807, 2.05) is 0 Å². The molecule has 0 spiro atoms. The minimum Gasteiger partial charge on any atom is -0.467 e. The van der Waals surface area contributed by atoms with E-state index in [-0.39, 0.29) is 12.3 Å². The number of rotatable bonds is 18. The Morgan fingerprint density at radius 3 is 1.80 bits per heavy atom. The Labute approximate surface area is 260 Å². The van der Waals surface area contributed by atoms with Crippen molar-refractivity contribution in [1.29, 1.82) is 0 Å². The average molecular weight is 747 g/mol. The Balaban J connectivity index is 2.63. The molecule has 0 aliphatic carbocycles. The van der Waals surface area contributed by atoms with Crippen LogP contribution in [-0.2, 0) is 100 Å². The quantitative estimate of drug-likeness (QED) is 0.0321. The van der Waals surface area contributed by atoms with Crippen LogP contribution in [0.15, 0.2) is 0 Å². The minimum atomic E-state index is -5.56. The molecule has 0 bridgehead atoms. The number of hydrogen-bond acceptors (Lipinski definition) is 22. The van der Waals surface area contributed by atoms with Gasteiger partial charge in [0.1, 0.15) is 36.6 Å². The smallest absolute Gasteiger partial charge is 0.397 e. The van der Waals surface area contributed by atoms with E-state index in [9.17, 15) is 39.2 Å². The highest BCUT2D eigenvalue weighted by Crippen LogP contribution is 2.36. The maximum Gasteiger partial charge on any atom is 0.397 e. The van der Waals surface area contributed by atoms with Gasteiger partial charge in [0.2, 0.25) is 0 Å². The van der Waals surface area contributed by atoms with Crippen LogP contribution in [0.1, 0.15) is 0 Å². The normalized spacial score (nSPS) is 33.2. The number of carbonyl (C=O) groups is 1. The first kappa shape index (κ1) is 40.2. The fraction of sp³-hybridized carbons (Fsp3) is 0.941. The first-order chi connectivity index (χ1) is 20.9. The molecule has 2 aliphatic rings. The van der Waals surface area contributed by atoms with Gasteiger partial charge in [-0.1, -0.05) is 5.04 Å². The highest BCUT2D eigenvalue weighted by molar-refractivity contribution is 7.89. The molecule has 2 fully saturated rings. The third-order valence-corrected chi connectivity index (χ3v) is 7.48. The minimum absolute atomic E-state index is 0.155. The van der Waals surface area contributed by atoms with E-state index in [1.54, 1.807) is 0 Å². The fourth-order valence-electron chi connectivity index (χ4n) is 4.12. The third-order valence-electron chi connectivity index (χ3n) is 5.71. The first-order valence-electron chi connectivity index (χ1n) is 11.6. The van der Waals surface area contributed by atoms with Crippen molar-refractivity contribution in [2.24, 2.45) is 0 Å². The van der Waals surface area contributed by atoms with Crippen molar-refractivity contribution < 1.29 is 108 Å². The third kappa shape index (κ3) is 12.2. The van der Waals surface area contributed by atoms with Crippen molar-refractivity contribution in [1.82, 2.24) is 0 Å². The van der Waals surface area contributed by atoms with Gasteiger partial charge in [-0.05, 0) is 0 Å². The van der Waals surface area contributed by atoms with E-state index in [1.165, 1.54) is 0 Å². The van der Waals surface area contributed by atoms with Gasteiger partial charge in [0.25, 0.3) is 0 Å². The zero-order valence-electron chi connectivity index (χ0n) is 23.5. The van der Waals surface area contributed by atoms with Gasteiger partial charge >= 0.3 is 37.2 Å². The summed E-state index contributed by atoms with van der Waals surface area (Å²) in [5, 5.41) is 4.19. The van der Waals surface area contributed by atoms with E-state index in [0.717, 1.165) is 35.5 Å². The molecule has 2 rings (SSSR count). The van der Waals surface area contributed by atoms with Crippen molar-refractivity contribution >= 4 is 49.5 Å². The van der Waals surface area contributed by atoms with Crippen molar-refractivity contribution in [3.63, 3.8) is 0 Å². The molecule has 0 amide bonds. The highest BCUT2D eigenvalue weighted by Gasteiger charge is 2.57. The lowest BCUT2D eigenvalue weighted by Gasteiger charge is -2.48. The summed E-state index contributed by atoms with van der Waals surface area (Å²) in [6, 6.07) is 0. The number of carbonyl (C=O) groups excluding carboxylic acids is 1. The van der Waals surface area contributed by atoms with Crippen molar-refractivity contribution in [2.45, 2.75) is 61.4 Å². The predicted molar refractivity (Wildman–Crippen MR) is 135 cm³/mol. The Hall–Kier alpha value is -0.970. The summed E-state index contributed by atoms with van der Waals surface area (Å²) in [6.07, 6.45) is -18.8. The molecule has 2 heterocycles. The topological polar surface area (TPSA) is 309 Å². The summed E-state index contributed by atoms with van der Waals surface area (Å²) in [7, 11) is -11.0. The second-order valence-corrected chi connectivity index (χ2v) is 12.0. The molecule has 0 aromatic heterocycles. The Morgan fingerprint density at radius 2 is 1.31 bits per heavy atom. The van der Waals surface area contributed by atoms with Crippen LogP contribution in [0.4, 0.5) is 0 Å². The number of methoxy groups -OCH3 is 4. The Bertz CT molecular complexity index is 1260. The van der Waals surface area contributed by atoms with Crippen molar-refractivity contribution in [3.05, 3.63) is 0 Å². The maximum absolute atomic E-state index is 12.7. The Kier molecular flexibility index (Phi) is 15.6. The van der Waals surface area contributed by atoms with E-state index >= 15 is 0 Å². The molecule has 0 aromatic rings. The van der Waals surface area contributed by atoms with E-state index in [4.69, 9.17) is 41.9 Å². The molecule has 0 radical (unpaired) electrons. The monoisotopic (exact) mass is 746 g/mol. The molecule has 45 heavy (non-hydrogen) atoms. The summed E-state index contributed by atoms with van der Waals surface area (Å²) in [5.41, 5.74) is 0. The lowest BCUT2D eigenvalue weighted by atomic mass is 9.96. The van der Waals surface area contributed by atoms with Crippen LogP contribution in [0.5, 0.6) is 0 Å². The van der Waals surface area contributed by atoms with Gasteiger partial charge in [-0.25, -0.2) is 22.2 Å².